The number of benzene rings is 1. The van der Waals surface area contributed by atoms with E-state index in [4.69, 9.17) is 4.74 Å². The second-order valence-electron chi connectivity index (χ2n) is 5.02. The molecule has 1 saturated heterocycles. The zero-order valence-electron chi connectivity index (χ0n) is 11.5. The normalized spacial score (nSPS) is 18.6. The van der Waals surface area contributed by atoms with Crippen LogP contribution in [-0.2, 0) is 0 Å². The van der Waals surface area contributed by atoms with Crippen LogP contribution < -0.4 is 10.1 Å². The summed E-state index contributed by atoms with van der Waals surface area (Å²) >= 11 is 0. The lowest BCUT2D eigenvalue weighted by Gasteiger charge is -2.28. The second-order valence-corrected chi connectivity index (χ2v) is 5.02. The summed E-state index contributed by atoms with van der Waals surface area (Å²) in [6.07, 6.45) is 1.19. The van der Waals surface area contributed by atoms with Crippen molar-refractivity contribution in [3.63, 3.8) is 0 Å². The highest BCUT2D eigenvalue weighted by Crippen LogP contribution is 2.28. The Hall–Kier alpha value is -1.06. The first-order chi connectivity index (χ1) is 8.81. The van der Waals surface area contributed by atoms with Crippen molar-refractivity contribution in [2.45, 2.75) is 19.3 Å². The third-order valence-corrected chi connectivity index (χ3v) is 3.76. The second kappa shape index (κ2) is 6.76. The minimum Gasteiger partial charge on any atom is -0.496 e. The van der Waals surface area contributed by atoms with Crippen LogP contribution >= 0.6 is 0 Å². The van der Waals surface area contributed by atoms with E-state index in [9.17, 15) is 0 Å². The highest BCUT2D eigenvalue weighted by molar-refractivity contribution is 5.35. The minimum atomic E-state index is 0.552. The van der Waals surface area contributed by atoms with Crippen molar-refractivity contribution in [2.24, 2.45) is 0 Å². The summed E-state index contributed by atoms with van der Waals surface area (Å²) < 4.78 is 5.43. The van der Waals surface area contributed by atoms with Gasteiger partial charge < -0.3 is 15.0 Å². The van der Waals surface area contributed by atoms with Crippen molar-refractivity contribution in [1.29, 1.82) is 0 Å². The number of para-hydroxylation sites is 1. The Morgan fingerprint density at radius 2 is 2.00 bits per heavy atom. The van der Waals surface area contributed by atoms with E-state index in [1.807, 2.05) is 6.07 Å². The molecule has 1 heterocycles. The SMILES string of the molecule is COc1ccccc1C(C)CCN1CCNCC1. The Morgan fingerprint density at radius 3 is 2.72 bits per heavy atom. The molecule has 100 valence electrons. The number of ether oxygens (including phenoxy) is 1. The van der Waals surface area contributed by atoms with Crippen LogP contribution in [0.5, 0.6) is 5.75 Å². The van der Waals surface area contributed by atoms with Gasteiger partial charge in [0.1, 0.15) is 5.75 Å². The lowest BCUT2D eigenvalue weighted by molar-refractivity contribution is 0.233. The Morgan fingerprint density at radius 1 is 1.28 bits per heavy atom. The van der Waals surface area contributed by atoms with Crippen LogP contribution in [0.15, 0.2) is 24.3 Å². The fraction of sp³-hybridized carbons (Fsp3) is 0.600. The number of rotatable bonds is 5. The van der Waals surface area contributed by atoms with Gasteiger partial charge >= 0.3 is 0 Å². The molecule has 3 nitrogen and oxygen atoms in total. The highest BCUT2D eigenvalue weighted by atomic mass is 16.5. The Bertz CT molecular complexity index is 361. The monoisotopic (exact) mass is 248 g/mol. The summed E-state index contributed by atoms with van der Waals surface area (Å²) in [5.41, 5.74) is 1.33. The summed E-state index contributed by atoms with van der Waals surface area (Å²) in [5.74, 6) is 1.57. The number of nitrogens with one attached hydrogen (secondary N) is 1. The molecule has 0 amide bonds. The molecule has 1 aromatic rings. The molecule has 1 aliphatic heterocycles. The van der Waals surface area contributed by atoms with Crippen molar-refractivity contribution in [2.75, 3.05) is 39.8 Å². The molecular weight excluding hydrogens is 224 g/mol. The maximum Gasteiger partial charge on any atom is 0.122 e. The first-order valence-corrected chi connectivity index (χ1v) is 6.87. The summed E-state index contributed by atoms with van der Waals surface area (Å²) in [6, 6.07) is 8.36. The van der Waals surface area contributed by atoms with Gasteiger partial charge in [0.05, 0.1) is 7.11 Å². The molecule has 0 aromatic heterocycles. The van der Waals surface area contributed by atoms with Crippen LogP contribution in [0.2, 0.25) is 0 Å². The van der Waals surface area contributed by atoms with Gasteiger partial charge in [0.2, 0.25) is 0 Å². The molecule has 1 atom stereocenters. The number of hydrogen-bond acceptors (Lipinski definition) is 3. The molecule has 0 radical (unpaired) electrons. The van der Waals surface area contributed by atoms with Gasteiger partial charge in [-0.05, 0) is 30.5 Å². The van der Waals surface area contributed by atoms with Gasteiger partial charge in [-0.25, -0.2) is 0 Å². The number of nitrogens with zero attached hydrogens (tertiary/aromatic N) is 1. The van der Waals surface area contributed by atoms with Crippen LogP contribution in [0.3, 0.4) is 0 Å². The Labute approximate surface area is 110 Å². The van der Waals surface area contributed by atoms with Gasteiger partial charge in [-0.1, -0.05) is 25.1 Å². The number of methoxy groups -OCH3 is 1. The van der Waals surface area contributed by atoms with Gasteiger partial charge in [-0.2, -0.15) is 0 Å². The smallest absolute Gasteiger partial charge is 0.122 e. The van der Waals surface area contributed by atoms with E-state index in [2.05, 4.69) is 35.3 Å². The van der Waals surface area contributed by atoms with Gasteiger partial charge in [-0.15, -0.1) is 0 Å². The molecule has 1 unspecified atom stereocenters. The minimum absolute atomic E-state index is 0.552. The lowest BCUT2D eigenvalue weighted by atomic mass is 9.96. The average molecular weight is 248 g/mol. The molecule has 0 aliphatic carbocycles. The fourth-order valence-corrected chi connectivity index (χ4v) is 2.54. The molecule has 2 rings (SSSR count). The fourth-order valence-electron chi connectivity index (χ4n) is 2.54. The third kappa shape index (κ3) is 3.47. The van der Waals surface area contributed by atoms with Crippen LogP contribution in [0.25, 0.3) is 0 Å². The van der Waals surface area contributed by atoms with Crippen LogP contribution in [-0.4, -0.2) is 44.7 Å². The summed E-state index contributed by atoms with van der Waals surface area (Å²) in [6.45, 7) is 8.09. The molecular formula is C15H24N2O. The van der Waals surface area contributed by atoms with Crippen molar-refractivity contribution in [3.05, 3.63) is 29.8 Å². The van der Waals surface area contributed by atoms with Crippen LogP contribution in [0, 0.1) is 0 Å². The molecule has 1 aromatic carbocycles. The predicted molar refractivity (Wildman–Crippen MR) is 75.3 cm³/mol. The van der Waals surface area contributed by atoms with Crippen molar-refractivity contribution in [3.8, 4) is 5.75 Å². The van der Waals surface area contributed by atoms with E-state index >= 15 is 0 Å². The zero-order chi connectivity index (χ0) is 12.8. The van der Waals surface area contributed by atoms with Crippen molar-refractivity contribution in [1.82, 2.24) is 10.2 Å². The molecule has 0 saturated carbocycles. The van der Waals surface area contributed by atoms with Crippen LogP contribution in [0.1, 0.15) is 24.8 Å². The average Bonchev–Trinajstić information content (AvgIpc) is 2.45. The lowest BCUT2D eigenvalue weighted by Crippen LogP contribution is -2.43. The first kappa shape index (κ1) is 13.4. The maximum absolute atomic E-state index is 5.43. The predicted octanol–water partition coefficient (Wildman–Crippen LogP) is 2.09. The van der Waals surface area contributed by atoms with E-state index in [1.165, 1.54) is 31.6 Å². The molecule has 1 N–H and O–H groups in total. The van der Waals surface area contributed by atoms with E-state index in [-0.39, 0.29) is 0 Å². The molecule has 0 bridgehead atoms. The topological polar surface area (TPSA) is 24.5 Å². The third-order valence-electron chi connectivity index (χ3n) is 3.76. The highest BCUT2D eigenvalue weighted by Gasteiger charge is 2.14. The molecule has 3 heteroatoms. The number of hydrogen-bond donors (Lipinski definition) is 1. The summed E-state index contributed by atoms with van der Waals surface area (Å²) in [4.78, 5) is 2.54. The zero-order valence-corrected chi connectivity index (χ0v) is 11.5. The molecule has 1 aliphatic rings. The van der Waals surface area contributed by atoms with E-state index in [0.717, 1.165) is 18.8 Å². The maximum atomic E-state index is 5.43. The summed E-state index contributed by atoms with van der Waals surface area (Å²) in [5, 5.41) is 3.39. The van der Waals surface area contributed by atoms with Gasteiger partial charge in [0.15, 0.2) is 0 Å². The van der Waals surface area contributed by atoms with E-state index in [1.54, 1.807) is 7.11 Å². The first-order valence-electron chi connectivity index (χ1n) is 6.87. The summed E-state index contributed by atoms with van der Waals surface area (Å²) in [7, 11) is 1.75. The molecule has 0 spiro atoms. The largest absolute Gasteiger partial charge is 0.496 e. The van der Waals surface area contributed by atoms with Crippen molar-refractivity contribution >= 4 is 0 Å². The van der Waals surface area contributed by atoms with Gasteiger partial charge in [0, 0.05) is 26.2 Å². The Balaban J connectivity index is 1.88. The standard InChI is InChI=1S/C15H24N2O/c1-13(7-10-17-11-8-16-9-12-17)14-5-3-4-6-15(14)18-2/h3-6,13,16H,7-12H2,1-2H3. The van der Waals surface area contributed by atoms with E-state index < -0.39 is 0 Å². The van der Waals surface area contributed by atoms with Gasteiger partial charge in [-0.3, -0.25) is 0 Å². The van der Waals surface area contributed by atoms with Crippen molar-refractivity contribution < 1.29 is 4.74 Å². The van der Waals surface area contributed by atoms with Gasteiger partial charge in [0.25, 0.3) is 0 Å². The number of piperazine rings is 1. The molecule has 18 heavy (non-hydrogen) atoms. The Kier molecular flexibility index (Phi) is 5.02. The van der Waals surface area contributed by atoms with Crippen LogP contribution in [0.4, 0.5) is 0 Å². The molecule has 1 fully saturated rings. The quantitative estimate of drug-likeness (QED) is 0.863. The van der Waals surface area contributed by atoms with E-state index in [0.29, 0.717) is 5.92 Å².